The Morgan fingerprint density at radius 3 is 2.16 bits per heavy atom. The molecule has 0 bridgehead atoms. The Bertz CT molecular complexity index is 1150. The van der Waals surface area contributed by atoms with Gasteiger partial charge >= 0.3 is 12.1 Å². The predicted molar refractivity (Wildman–Crippen MR) is 110 cm³/mol. The molecule has 1 unspecified atom stereocenters. The number of benzene rings is 3. The molecule has 0 saturated carbocycles. The van der Waals surface area contributed by atoms with Crippen LogP contribution in [0.25, 0.3) is 11.1 Å². The molecule has 164 valence electrons. The number of alkyl carbamates (subject to hydrolysis) is 1. The third-order valence-electron chi connectivity index (χ3n) is 5.43. The zero-order valence-electron chi connectivity index (χ0n) is 16.6. The minimum absolute atomic E-state index is 0.0465. The molecule has 2 N–H and O–H groups in total. The van der Waals surface area contributed by atoms with Gasteiger partial charge in [0, 0.05) is 18.4 Å². The van der Waals surface area contributed by atoms with Crippen LogP contribution in [0.4, 0.5) is 18.0 Å². The average Bonchev–Trinajstić information content (AvgIpc) is 3.09. The molecule has 32 heavy (non-hydrogen) atoms. The van der Waals surface area contributed by atoms with E-state index >= 15 is 0 Å². The lowest BCUT2D eigenvalue weighted by Crippen LogP contribution is -2.43. The van der Waals surface area contributed by atoms with Crippen molar-refractivity contribution in [2.45, 2.75) is 18.4 Å². The molecule has 0 radical (unpaired) electrons. The van der Waals surface area contributed by atoms with Crippen LogP contribution in [0.2, 0.25) is 0 Å². The molecule has 3 aromatic carbocycles. The Morgan fingerprint density at radius 1 is 0.969 bits per heavy atom. The van der Waals surface area contributed by atoms with Crippen molar-refractivity contribution in [3.63, 3.8) is 0 Å². The van der Waals surface area contributed by atoms with Gasteiger partial charge in [-0.3, -0.25) is 0 Å². The van der Waals surface area contributed by atoms with Gasteiger partial charge in [0.05, 0.1) is 0 Å². The highest BCUT2D eigenvalue weighted by atomic mass is 19.2. The monoisotopic (exact) mass is 441 g/mol. The van der Waals surface area contributed by atoms with Gasteiger partial charge in [-0.25, -0.2) is 22.8 Å². The number of nitrogens with one attached hydrogen (secondary N) is 1. The number of carbonyl (C=O) groups is 2. The van der Waals surface area contributed by atoms with E-state index in [9.17, 15) is 27.9 Å². The number of carbonyl (C=O) groups excluding carboxylic acids is 1. The summed E-state index contributed by atoms with van der Waals surface area (Å²) in [5, 5.41) is 11.5. The van der Waals surface area contributed by atoms with Crippen molar-refractivity contribution in [3.05, 3.63) is 94.8 Å². The maximum atomic E-state index is 13.9. The molecule has 5 nitrogen and oxygen atoms in total. The fourth-order valence-corrected chi connectivity index (χ4v) is 3.96. The van der Waals surface area contributed by atoms with E-state index < -0.39 is 47.5 Å². The first kappa shape index (κ1) is 21.4. The summed E-state index contributed by atoms with van der Waals surface area (Å²) in [6.45, 7) is -0.0465. The van der Waals surface area contributed by atoms with Crippen molar-refractivity contribution in [1.29, 1.82) is 0 Å². The molecule has 0 aromatic heterocycles. The van der Waals surface area contributed by atoms with Crippen molar-refractivity contribution in [1.82, 2.24) is 5.32 Å². The lowest BCUT2D eigenvalue weighted by Gasteiger charge is -2.18. The van der Waals surface area contributed by atoms with Gasteiger partial charge in [0.1, 0.15) is 18.5 Å². The Morgan fingerprint density at radius 2 is 1.56 bits per heavy atom. The molecule has 0 saturated heterocycles. The Kier molecular flexibility index (Phi) is 5.85. The third kappa shape index (κ3) is 4.16. The standard InChI is InChI=1S/C24H18F3NO4/c25-14-9-13(22(27)20(26)11-14)10-21(23(29)30)28-24(31)32-12-19-17-7-3-1-5-15(17)16-6-2-4-8-18(16)19/h1-9,11,19,21H,10,12H2,(H,28,31)(H,29,30). The fraction of sp³-hybridized carbons (Fsp3) is 0.167. The number of aliphatic carboxylic acids is 1. The first-order valence-electron chi connectivity index (χ1n) is 9.83. The molecular weight excluding hydrogens is 423 g/mol. The van der Waals surface area contributed by atoms with Gasteiger partial charge in [0.2, 0.25) is 0 Å². The van der Waals surface area contributed by atoms with Crippen LogP contribution in [0.1, 0.15) is 22.6 Å². The summed E-state index contributed by atoms with van der Waals surface area (Å²) in [5.74, 6) is -5.59. The number of halogens is 3. The minimum atomic E-state index is -1.64. The first-order chi connectivity index (χ1) is 15.3. The summed E-state index contributed by atoms with van der Waals surface area (Å²) in [6, 6.07) is 14.8. The highest BCUT2D eigenvalue weighted by Gasteiger charge is 2.30. The molecule has 0 fully saturated rings. The number of carboxylic acid groups (broad SMARTS) is 1. The topological polar surface area (TPSA) is 75.6 Å². The largest absolute Gasteiger partial charge is 0.480 e. The summed E-state index contributed by atoms with van der Waals surface area (Å²) in [6.07, 6.45) is -1.68. The van der Waals surface area contributed by atoms with Crippen LogP contribution in [0.5, 0.6) is 0 Å². The normalized spacial score (nSPS) is 13.2. The molecule has 0 aliphatic heterocycles. The highest BCUT2D eigenvalue weighted by Crippen LogP contribution is 2.44. The number of rotatable bonds is 6. The maximum Gasteiger partial charge on any atom is 0.407 e. The van der Waals surface area contributed by atoms with Gasteiger partial charge in [-0.05, 0) is 33.9 Å². The zero-order valence-corrected chi connectivity index (χ0v) is 16.6. The Hall–Kier alpha value is -3.81. The fourth-order valence-electron chi connectivity index (χ4n) is 3.96. The van der Waals surface area contributed by atoms with E-state index in [1.165, 1.54) is 0 Å². The van der Waals surface area contributed by atoms with Gasteiger partial charge < -0.3 is 15.2 Å². The van der Waals surface area contributed by atoms with Crippen molar-refractivity contribution < 1.29 is 32.6 Å². The summed E-state index contributed by atoms with van der Waals surface area (Å²) >= 11 is 0. The molecule has 1 amide bonds. The molecular formula is C24H18F3NO4. The van der Waals surface area contributed by atoms with Crippen LogP contribution in [0, 0.1) is 17.5 Å². The van der Waals surface area contributed by atoms with E-state index in [2.05, 4.69) is 5.32 Å². The molecule has 0 heterocycles. The van der Waals surface area contributed by atoms with Crippen molar-refractivity contribution in [2.75, 3.05) is 6.61 Å². The summed E-state index contributed by atoms with van der Waals surface area (Å²) in [5.41, 5.74) is 3.52. The predicted octanol–water partition coefficient (Wildman–Crippen LogP) is 4.64. The number of hydrogen-bond donors (Lipinski definition) is 2. The van der Waals surface area contributed by atoms with Gasteiger partial charge in [-0.15, -0.1) is 0 Å². The lowest BCUT2D eigenvalue weighted by molar-refractivity contribution is -0.139. The number of ether oxygens (including phenoxy) is 1. The summed E-state index contributed by atoms with van der Waals surface area (Å²) in [4.78, 5) is 23.8. The lowest BCUT2D eigenvalue weighted by atomic mass is 9.98. The van der Waals surface area contributed by atoms with Gasteiger partial charge in [-0.1, -0.05) is 48.5 Å². The van der Waals surface area contributed by atoms with E-state index in [1.807, 2.05) is 48.5 Å². The van der Waals surface area contributed by atoms with Crippen LogP contribution < -0.4 is 5.32 Å². The van der Waals surface area contributed by atoms with Crippen LogP contribution in [0.3, 0.4) is 0 Å². The second-order valence-corrected chi connectivity index (χ2v) is 7.43. The van der Waals surface area contributed by atoms with Crippen molar-refractivity contribution in [2.24, 2.45) is 0 Å². The molecule has 3 aromatic rings. The van der Waals surface area contributed by atoms with Crippen LogP contribution in [-0.2, 0) is 16.0 Å². The van der Waals surface area contributed by atoms with Crippen LogP contribution in [-0.4, -0.2) is 29.8 Å². The van der Waals surface area contributed by atoms with Gasteiger partial charge in [-0.2, -0.15) is 0 Å². The first-order valence-corrected chi connectivity index (χ1v) is 9.83. The molecule has 4 rings (SSSR count). The number of carboxylic acids is 1. The van der Waals surface area contributed by atoms with Crippen molar-refractivity contribution >= 4 is 12.1 Å². The highest BCUT2D eigenvalue weighted by molar-refractivity contribution is 5.81. The average molecular weight is 441 g/mol. The molecule has 8 heteroatoms. The number of fused-ring (bicyclic) bond motifs is 3. The number of hydrogen-bond acceptors (Lipinski definition) is 3. The van der Waals surface area contributed by atoms with E-state index in [-0.39, 0.29) is 12.5 Å². The van der Waals surface area contributed by atoms with Crippen LogP contribution >= 0.6 is 0 Å². The maximum absolute atomic E-state index is 13.9. The van der Waals surface area contributed by atoms with E-state index in [0.29, 0.717) is 12.1 Å². The zero-order chi connectivity index (χ0) is 22.8. The Balaban J connectivity index is 1.46. The minimum Gasteiger partial charge on any atom is -0.480 e. The van der Waals surface area contributed by atoms with E-state index in [4.69, 9.17) is 4.74 Å². The van der Waals surface area contributed by atoms with Gasteiger partial charge in [0.15, 0.2) is 11.6 Å². The molecule has 1 aliphatic carbocycles. The quantitative estimate of drug-likeness (QED) is 0.547. The summed E-state index contributed by atoms with van der Waals surface area (Å²) in [7, 11) is 0. The smallest absolute Gasteiger partial charge is 0.407 e. The van der Waals surface area contributed by atoms with E-state index in [0.717, 1.165) is 22.3 Å². The van der Waals surface area contributed by atoms with Crippen LogP contribution in [0.15, 0.2) is 60.7 Å². The third-order valence-corrected chi connectivity index (χ3v) is 5.43. The molecule has 1 aliphatic rings. The summed E-state index contributed by atoms with van der Waals surface area (Å²) < 4.78 is 46.0. The second kappa shape index (κ2) is 8.74. The number of amides is 1. The van der Waals surface area contributed by atoms with Crippen molar-refractivity contribution in [3.8, 4) is 11.1 Å². The molecule has 0 spiro atoms. The Labute approximate surface area is 181 Å². The molecule has 1 atom stereocenters. The van der Waals surface area contributed by atoms with Gasteiger partial charge in [0.25, 0.3) is 0 Å². The second-order valence-electron chi connectivity index (χ2n) is 7.43. The van der Waals surface area contributed by atoms with E-state index in [1.54, 1.807) is 0 Å². The SMILES string of the molecule is O=C(NC(Cc1cc(F)cc(F)c1F)C(=O)O)OCC1c2ccccc2-c2ccccc21.